The van der Waals surface area contributed by atoms with Crippen molar-refractivity contribution in [1.82, 2.24) is 10.6 Å². The minimum absolute atomic E-state index is 0.192. The van der Waals surface area contributed by atoms with Gasteiger partial charge < -0.3 is 5.32 Å². The van der Waals surface area contributed by atoms with Crippen molar-refractivity contribution in [3.8, 4) is 0 Å². The van der Waals surface area contributed by atoms with Gasteiger partial charge in [0.1, 0.15) is 0 Å². The van der Waals surface area contributed by atoms with Gasteiger partial charge in [0.15, 0.2) is 0 Å². The molecule has 0 saturated carbocycles. The van der Waals surface area contributed by atoms with Gasteiger partial charge in [-0.3, -0.25) is 5.32 Å². The summed E-state index contributed by atoms with van der Waals surface area (Å²) in [5.41, 5.74) is 0.192. The SMILES string of the molecule is CNC(NC(C)(C)C)C(C)C. The Morgan fingerprint density at radius 2 is 1.55 bits per heavy atom. The molecular formula is C9H22N2. The Bertz CT molecular complexity index is 103. The smallest absolute Gasteiger partial charge is 0.0596 e. The predicted octanol–water partition coefficient (Wildman–Crippen LogP) is 1.58. The number of hydrogen-bond donors (Lipinski definition) is 2. The molecule has 0 radical (unpaired) electrons. The van der Waals surface area contributed by atoms with E-state index in [1.807, 2.05) is 7.05 Å². The zero-order valence-corrected chi connectivity index (χ0v) is 8.65. The van der Waals surface area contributed by atoms with Gasteiger partial charge in [-0.25, -0.2) is 0 Å². The first-order valence-corrected chi connectivity index (χ1v) is 4.32. The van der Waals surface area contributed by atoms with Gasteiger partial charge >= 0.3 is 0 Å². The van der Waals surface area contributed by atoms with E-state index in [0.29, 0.717) is 12.1 Å². The first-order valence-electron chi connectivity index (χ1n) is 4.32. The van der Waals surface area contributed by atoms with Crippen LogP contribution in [0.1, 0.15) is 34.6 Å². The van der Waals surface area contributed by atoms with Gasteiger partial charge in [-0.2, -0.15) is 0 Å². The number of nitrogens with one attached hydrogen (secondary N) is 2. The van der Waals surface area contributed by atoms with Crippen LogP contribution in [0.5, 0.6) is 0 Å². The van der Waals surface area contributed by atoms with Crippen molar-refractivity contribution in [2.24, 2.45) is 5.92 Å². The maximum absolute atomic E-state index is 3.49. The maximum atomic E-state index is 3.49. The van der Waals surface area contributed by atoms with Crippen LogP contribution in [0, 0.1) is 5.92 Å². The minimum Gasteiger partial charge on any atom is -0.305 e. The van der Waals surface area contributed by atoms with E-state index >= 15 is 0 Å². The van der Waals surface area contributed by atoms with Crippen molar-refractivity contribution in [3.05, 3.63) is 0 Å². The van der Waals surface area contributed by atoms with Crippen LogP contribution < -0.4 is 10.6 Å². The molecule has 0 bridgehead atoms. The van der Waals surface area contributed by atoms with E-state index in [4.69, 9.17) is 0 Å². The van der Waals surface area contributed by atoms with Gasteiger partial charge in [-0.1, -0.05) is 13.8 Å². The van der Waals surface area contributed by atoms with Gasteiger partial charge in [0.05, 0.1) is 6.17 Å². The molecule has 0 aromatic carbocycles. The van der Waals surface area contributed by atoms with Crippen LogP contribution >= 0.6 is 0 Å². The molecule has 0 amide bonds. The average molecular weight is 158 g/mol. The van der Waals surface area contributed by atoms with E-state index in [1.54, 1.807) is 0 Å². The van der Waals surface area contributed by atoms with Gasteiger partial charge in [0, 0.05) is 5.54 Å². The quantitative estimate of drug-likeness (QED) is 0.609. The van der Waals surface area contributed by atoms with Gasteiger partial charge in [-0.15, -0.1) is 0 Å². The van der Waals surface area contributed by atoms with Crippen molar-refractivity contribution >= 4 is 0 Å². The molecule has 0 rings (SSSR count). The lowest BCUT2D eigenvalue weighted by atomic mass is 10.1. The number of rotatable bonds is 3. The Hall–Kier alpha value is -0.0800. The lowest BCUT2D eigenvalue weighted by Gasteiger charge is -2.30. The molecule has 0 spiro atoms. The third-order valence-corrected chi connectivity index (χ3v) is 1.57. The molecule has 1 atom stereocenters. The van der Waals surface area contributed by atoms with Crippen LogP contribution in [0.25, 0.3) is 0 Å². The van der Waals surface area contributed by atoms with E-state index in [2.05, 4.69) is 45.3 Å². The molecule has 0 aromatic heterocycles. The van der Waals surface area contributed by atoms with Crippen LogP contribution in [0.15, 0.2) is 0 Å². The minimum atomic E-state index is 0.192. The fourth-order valence-electron chi connectivity index (χ4n) is 1.04. The molecule has 0 heterocycles. The van der Waals surface area contributed by atoms with Gasteiger partial charge in [0.25, 0.3) is 0 Å². The summed E-state index contributed by atoms with van der Waals surface area (Å²) in [6.07, 6.45) is 0.412. The summed E-state index contributed by atoms with van der Waals surface area (Å²) in [6, 6.07) is 0. The highest BCUT2D eigenvalue weighted by Gasteiger charge is 2.17. The molecule has 11 heavy (non-hydrogen) atoms. The van der Waals surface area contributed by atoms with Crippen molar-refractivity contribution in [1.29, 1.82) is 0 Å². The van der Waals surface area contributed by atoms with Crippen LogP contribution in [0.3, 0.4) is 0 Å². The Morgan fingerprint density at radius 1 is 1.09 bits per heavy atom. The van der Waals surface area contributed by atoms with Gasteiger partial charge in [0.2, 0.25) is 0 Å². The van der Waals surface area contributed by atoms with Crippen LogP contribution in [0.2, 0.25) is 0 Å². The Morgan fingerprint density at radius 3 is 1.64 bits per heavy atom. The van der Waals surface area contributed by atoms with Crippen LogP contribution in [-0.2, 0) is 0 Å². The molecule has 2 nitrogen and oxygen atoms in total. The normalized spacial score (nSPS) is 15.5. The summed E-state index contributed by atoms with van der Waals surface area (Å²) in [7, 11) is 1.99. The summed E-state index contributed by atoms with van der Waals surface area (Å²) in [6.45, 7) is 11.0. The average Bonchev–Trinajstić information content (AvgIpc) is 1.80. The zero-order valence-electron chi connectivity index (χ0n) is 8.65. The highest BCUT2D eigenvalue weighted by molar-refractivity contribution is 4.77. The zero-order chi connectivity index (χ0) is 9.07. The first kappa shape index (κ1) is 10.9. The lowest BCUT2D eigenvalue weighted by Crippen LogP contribution is -2.52. The molecule has 0 fully saturated rings. The lowest BCUT2D eigenvalue weighted by molar-refractivity contribution is 0.274. The molecule has 1 unspecified atom stereocenters. The molecule has 0 aliphatic heterocycles. The van der Waals surface area contributed by atoms with Gasteiger partial charge in [-0.05, 0) is 33.7 Å². The summed E-state index contributed by atoms with van der Waals surface area (Å²) < 4.78 is 0. The van der Waals surface area contributed by atoms with E-state index in [9.17, 15) is 0 Å². The molecule has 0 aromatic rings. The summed E-state index contributed by atoms with van der Waals surface area (Å²) in [5, 5.41) is 6.74. The van der Waals surface area contributed by atoms with Crippen molar-refractivity contribution in [3.63, 3.8) is 0 Å². The molecule has 0 aliphatic rings. The van der Waals surface area contributed by atoms with E-state index in [-0.39, 0.29) is 5.54 Å². The second-order valence-electron chi connectivity index (χ2n) is 4.40. The monoisotopic (exact) mass is 158 g/mol. The fourth-order valence-corrected chi connectivity index (χ4v) is 1.04. The second kappa shape index (κ2) is 4.07. The Balaban J connectivity index is 3.88. The largest absolute Gasteiger partial charge is 0.305 e. The Labute approximate surface area is 70.8 Å². The molecule has 2 N–H and O–H groups in total. The third kappa shape index (κ3) is 5.22. The van der Waals surface area contributed by atoms with Crippen molar-refractivity contribution < 1.29 is 0 Å². The molecule has 2 heteroatoms. The first-order chi connectivity index (χ1) is 4.87. The fraction of sp³-hybridized carbons (Fsp3) is 1.00. The van der Waals surface area contributed by atoms with Crippen molar-refractivity contribution in [2.75, 3.05) is 7.05 Å². The standard InChI is InChI=1S/C9H22N2/c1-7(2)8(10-6)11-9(3,4)5/h7-8,10-11H,1-6H3. The Kier molecular flexibility index (Phi) is 4.04. The predicted molar refractivity (Wildman–Crippen MR) is 50.6 cm³/mol. The van der Waals surface area contributed by atoms with E-state index in [0.717, 1.165) is 0 Å². The third-order valence-electron chi connectivity index (χ3n) is 1.57. The van der Waals surface area contributed by atoms with Crippen LogP contribution in [-0.4, -0.2) is 18.8 Å². The van der Waals surface area contributed by atoms with Crippen molar-refractivity contribution in [2.45, 2.75) is 46.3 Å². The molecule has 0 aliphatic carbocycles. The molecule has 68 valence electrons. The molecule has 0 saturated heterocycles. The summed E-state index contributed by atoms with van der Waals surface area (Å²) in [4.78, 5) is 0. The summed E-state index contributed by atoms with van der Waals surface area (Å²) in [5.74, 6) is 0.624. The highest BCUT2D eigenvalue weighted by Crippen LogP contribution is 2.05. The number of hydrogen-bond acceptors (Lipinski definition) is 2. The molecular weight excluding hydrogens is 136 g/mol. The van der Waals surface area contributed by atoms with E-state index in [1.165, 1.54) is 0 Å². The maximum Gasteiger partial charge on any atom is 0.0596 e. The second-order valence-corrected chi connectivity index (χ2v) is 4.40. The highest BCUT2D eigenvalue weighted by atomic mass is 15.1. The summed E-state index contributed by atoms with van der Waals surface area (Å²) >= 11 is 0. The van der Waals surface area contributed by atoms with Crippen LogP contribution in [0.4, 0.5) is 0 Å². The van der Waals surface area contributed by atoms with E-state index < -0.39 is 0 Å². The topological polar surface area (TPSA) is 24.1 Å².